The van der Waals surface area contributed by atoms with Crippen molar-refractivity contribution >= 4 is 6.09 Å². The maximum Gasteiger partial charge on any atom is 0.422 e. The van der Waals surface area contributed by atoms with Crippen LogP contribution in [0.25, 0.3) is 0 Å². The first-order valence-electron chi connectivity index (χ1n) is 5.88. The average molecular weight is 230 g/mol. The van der Waals surface area contributed by atoms with Gasteiger partial charge in [0.05, 0.1) is 0 Å². The molecule has 0 spiro atoms. The monoisotopic (exact) mass is 230 g/mol. The summed E-state index contributed by atoms with van der Waals surface area (Å²) in [5, 5.41) is 0. The van der Waals surface area contributed by atoms with Crippen molar-refractivity contribution in [2.24, 2.45) is 5.41 Å². The highest BCUT2D eigenvalue weighted by molar-refractivity contribution is 5.66. The highest BCUT2D eigenvalue weighted by Gasteiger charge is 2.18. The van der Waals surface area contributed by atoms with Gasteiger partial charge in [0.15, 0.2) is 0 Å². The number of hydrazine groups is 1. The van der Waals surface area contributed by atoms with E-state index in [1.54, 1.807) is 0 Å². The molecule has 0 rings (SSSR count). The molecule has 4 nitrogen and oxygen atoms in total. The van der Waals surface area contributed by atoms with E-state index >= 15 is 0 Å². The van der Waals surface area contributed by atoms with Crippen LogP contribution in [0.1, 0.15) is 54.4 Å². The second-order valence-electron chi connectivity index (χ2n) is 5.89. The first kappa shape index (κ1) is 15.2. The summed E-state index contributed by atoms with van der Waals surface area (Å²) in [6.07, 6.45) is 1.83. The Morgan fingerprint density at radius 1 is 1.19 bits per heavy atom. The highest BCUT2D eigenvalue weighted by Crippen LogP contribution is 2.20. The first-order chi connectivity index (χ1) is 7.16. The standard InChI is InChI=1S/C12H26N2O2/c1-7-8-12(5,6)9-13-14-10(15)16-11(2,3)4/h13H,7-9H2,1-6H3,(H,14,15). The molecule has 16 heavy (non-hydrogen) atoms. The smallest absolute Gasteiger partial charge is 0.422 e. The van der Waals surface area contributed by atoms with Crippen molar-refractivity contribution in [3.8, 4) is 0 Å². The van der Waals surface area contributed by atoms with E-state index in [2.05, 4.69) is 31.6 Å². The fourth-order valence-electron chi connectivity index (χ4n) is 1.42. The van der Waals surface area contributed by atoms with E-state index in [1.807, 2.05) is 20.8 Å². The first-order valence-corrected chi connectivity index (χ1v) is 5.88. The largest absolute Gasteiger partial charge is 0.443 e. The Morgan fingerprint density at radius 3 is 2.19 bits per heavy atom. The minimum atomic E-state index is -0.454. The zero-order valence-corrected chi connectivity index (χ0v) is 11.4. The van der Waals surface area contributed by atoms with E-state index < -0.39 is 11.7 Å². The maximum absolute atomic E-state index is 11.3. The molecule has 0 aliphatic heterocycles. The third-order valence-corrected chi connectivity index (χ3v) is 2.08. The lowest BCUT2D eigenvalue weighted by Gasteiger charge is -2.25. The van der Waals surface area contributed by atoms with Crippen LogP contribution in [0.4, 0.5) is 4.79 Å². The summed E-state index contributed by atoms with van der Waals surface area (Å²) in [6.45, 7) is 12.7. The van der Waals surface area contributed by atoms with Gasteiger partial charge in [0.1, 0.15) is 5.60 Å². The summed E-state index contributed by atoms with van der Waals surface area (Å²) < 4.78 is 5.10. The van der Waals surface area contributed by atoms with Gasteiger partial charge < -0.3 is 4.74 Å². The molecule has 0 bridgehead atoms. The van der Waals surface area contributed by atoms with Crippen LogP contribution in [0.3, 0.4) is 0 Å². The van der Waals surface area contributed by atoms with E-state index in [4.69, 9.17) is 4.74 Å². The van der Waals surface area contributed by atoms with Crippen LogP contribution in [0.15, 0.2) is 0 Å². The van der Waals surface area contributed by atoms with Gasteiger partial charge in [-0.1, -0.05) is 27.2 Å². The van der Waals surface area contributed by atoms with Crippen molar-refractivity contribution in [3.05, 3.63) is 0 Å². The summed E-state index contributed by atoms with van der Waals surface area (Å²) in [7, 11) is 0. The minimum absolute atomic E-state index is 0.184. The van der Waals surface area contributed by atoms with E-state index in [0.717, 1.165) is 19.4 Å². The molecule has 0 aromatic heterocycles. The molecule has 4 heteroatoms. The van der Waals surface area contributed by atoms with Gasteiger partial charge in [0.25, 0.3) is 0 Å². The van der Waals surface area contributed by atoms with Gasteiger partial charge >= 0.3 is 6.09 Å². The van der Waals surface area contributed by atoms with Crippen LogP contribution in [0.2, 0.25) is 0 Å². The zero-order valence-electron chi connectivity index (χ0n) is 11.4. The van der Waals surface area contributed by atoms with Gasteiger partial charge in [-0.25, -0.2) is 10.2 Å². The molecule has 1 amide bonds. The van der Waals surface area contributed by atoms with Crippen molar-refractivity contribution in [2.45, 2.75) is 60.0 Å². The van der Waals surface area contributed by atoms with Gasteiger partial charge in [0.2, 0.25) is 0 Å². The van der Waals surface area contributed by atoms with Gasteiger partial charge in [-0.2, -0.15) is 0 Å². The Labute approximate surface area is 99.1 Å². The van der Waals surface area contributed by atoms with Crippen LogP contribution in [0, 0.1) is 5.41 Å². The lowest BCUT2D eigenvalue weighted by molar-refractivity contribution is 0.0489. The minimum Gasteiger partial charge on any atom is -0.443 e. The molecule has 0 aromatic carbocycles. The normalized spacial score (nSPS) is 12.4. The number of carbonyl (C=O) groups excluding carboxylic acids is 1. The lowest BCUT2D eigenvalue weighted by Crippen LogP contribution is -2.44. The van der Waals surface area contributed by atoms with E-state index in [1.165, 1.54) is 0 Å². The average Bonchev–Trinajstić information content (AvgIpc) is 1.99. The molecular weight excluding hydrogens is 204 g/mol. The van der Waals surface area contributed by atoms with E-state index in [9.17, 15) is 4.79 Å². The van der Waals surface area contributed by atoms with Gasteiger partial charge in [-0.05, 0) is 32.6 Å². The molecule has 0 saturated heterocycles. The number of hydrogen-bond donors (Lipinski definition) is 2. The van der Waals surface area contributed by atoms with Crippen LogP contribution in [0.5, 0.6) is 0 Å². The number of ether oxygens (including phenoxy) is 1. The van der Waals surface area contributed by atoms with Crippen molar-refractivity contribution in [2.75, 3.05) is 6.54 Å². The molecule has 0 atom stereocenters. The summed E-state index contributed by atoms with van der Waals surface area (Å²) in [6, 6.07) is 0. The third-order valence-electron chi connectivity index (χ3n) is 2.08. The Hall–Kier alpha value is -0.770. The lowest BCUT2D eigenvalue weighted by atomic mass is 9.88. The van der Waals surface area contributed by atoms with Gasteiger partial charge in [-0.15, -0.1) is 0 Å². The summed E-state index contributed by atoms with van der Waals surface area (Å²) in [5.41, 5.74) is 5.18. The van der Waals surface area contributed by atoms with Crippen molar-refractivity contribution in [1.29, 1.82) is 0 Å². The Balaban J connectivity index is 3.78. The molecule has 0 radical (unpaired) electrons. The quantitative estimate of drug-likeness (QED) is 0.714. The molecule has 0 saturated carbocycles. The molecule has 0 aromatic rings. The zero-order chi connectivity index (χ0) is 12.8. The second kappa shape index (κ2) is 6.09. The van der Waals surface area contributed by atoms with Gasteiger partial charge in [0, 0.05) is 6.54 Å². The topological polar surface area (TPSA) is 50.4 Å². The van der Waals surface area contributed by atoms with Crippen molar-refractivity contribution in [3.63, 3.8) is 0 Å². The third kappa shape index (κ3) is 8.53. The van der Waals surface area contributed by atoms with Crippen LogP contribution >= 0.6 is 0 Å². The summed E-state index contributed by atoms with van der Waals surface area (Å²) in [4.78, 5) is 11.3. The second-order valence-corrected chi connectivity index (χ2v) is 5.89. The summed E-state index contributed by atoms with van der Waals surface area (Å²) in [5.74, 6) is 0. The predicted octanol–water partition coefficient (Wildman–Crippen LogP) is 2.84. The fourth-order valence-corrected chi connectivity index (χ4v) is 1.42. The van der Waals surface area contributed by atoms with Crippen LogP contribution in [-0.2, 0) is 4.74 Å². The van der Waals surface area contributed by atoms with Crippen LogP contribution < -0.4 is 10.9 Å². The van der Waals surface area contributed by atoms with Gasteiger partial charge in [-0.3, -0.25) is 5.43 Å². The molecule has 0 heterocycles. The number of carbonyl (C=O) groups is 1. The molecule has 96 valence electrons. The Morgan fingerprint density at radius 2 is 1.75 bits per heavy atom. The maximum atomic E-state index is 11.3. The SMILES string of the molecule is CCCC(C)(C)CNNC(=O)OC(C)(C)C. The number of hydrogen-bond acceptors (Lipinski definition) is 3. The summed E-state index contributed by atoms with van der Waals surface area (Å²) >= 11 is 0. The molecule has 0 unspecified atom stereocenters. The number of nitrogens with one attached hydrogen (secondary N) is 2. The molecule has 0 fully saturated rings. The van der Waals surface area contributed by atoms with E-state index in [0.29, 0.717) is 0 Å². The number of rotatable bonds is 5. The molecule has 0 aliphatic carbocycles. The fraction of sp³-hybridized carbons (Fsp3) is 0.917. The van der Waals surface area contributed by atoms with Crippen molar-refractivity contribution < 1.29 is 9.53 Å². The van der Waals surface area contributed by atoms with E-state index in [-0.39, 0.29) is 5.41 Å². The highest BCUT2D eigenvalue weighted by atomic mass is 16.6. The molecular formula is C12H26N2O2. The molecule has 0 aliphatic rings. The Kier molecular flexibility index (Phi) is 5.79. The predicted molar refractivity (Wildman–Crippen MR) is 66.1 cm³/mol. The Bertz CT molecular complexity index is 220. The number of amides is 1. The van der Waals surface area contributed by atoms with Crippen molar-refractivity contribution in [1.82, 2.24) is 10.9 Å². The van der Waals surface area contributed by atoms with Crippen LogP contribution in [-0.4, -0.2) is 18.2 Å². The molecule has 2 N–H and O–H groups in total.